The third-order valence-electron chi connectivity index (χ3n) is 3.57. The number of hydrogen-bond donors (Lipinski definition) is 1. The van der Waals surface area contributed by atoms with Crippen LogP contribution in [0.5, 0.6) is 17.5 Å². The van der Waals surface area contributed by atoms with E-state index in [1.165, 1.54) is 4.68 Å². The average molecular weight is 387 g/mol. The highest BCUT2D eigenvalue weighted by Gasteiger charge is 2.14. The van der Waals surface area contributed by atoms with Gasteiger partial charge in [0.15, 0.2) is 11.5 Å². The second kappa shape index (κ2) is 10.3. The highest BCUT2D eigenvalue weighted by Crippen LogP contribution is 2.32. The van der Waals surface area contributed by atoms with Crippen LogP contribution in [0.4, 0.5) is 0 Å². The second-order valence-electron chi connectivity index (χ2n) is 5.44. The molecule has 142 valence electrons. The van der Waals surface area contributed by atoms with Gasteiger partial charge in [0.2, 0.25) is 0 Å². The minimum absolute atomic E-state index is 0. The number of halogens is 1. The molecule has 0 unspecified atom stereocenters. The largest absolute Gasteiger partial charge is 1.00 e. The molecule has 1 heterocycles. The fourth-order valence-electron chi connectivity index (χ4n) is 2.41. The molecule has 3 aromatic rings. The van der Waals surface area contributed by atoms with Crippen molar-refractivity contribution >= 4 is 0 Å². The maximum absolute atomic E-state index is 5.93. The molecule has 2 aromatic carbocycles. The maximum atomic E-state index is 5.93. The zero-order chi connectivity index (χ0) is 18.2. The predicted molar refractivity (Wildman–Crippen MR) is 98.7 cm³/mol. The van der Waals surface area contributed by atoms with E-state index in [-0.39, 0.29) is 18.4 Å². The van der Waals surface area contributed by atoms with Crippen molar-refractivity contribution in [2.45, 2.75) is 13.5 Å². The number of nitrogens with one attached hydrogen (secondary N) is 1. The van der Waals surface area contributed by atoms with Gasteiger partial charge in [-0.15, -0.1) is 6.58 Å². The van der Waals surface area contributed by atoms with Crippen LogP contribution in [-0.2, 0) is 6.54 Å². The standard InChI is InChI=1S/C19H21N5O2.ClH/c1-3-12-20-14-15-10-11-17(18(13-15)25-4-2)26-19-21-22-23-24(19)16-8-6-5-7-9-16;/h3,5-11,13,20H,1,4,12,14H2,2H3;1H/p-1. The number of hydrogen-bond acceptors (Lipinski definition) is 6. The molecule has 0 atom stereocenters. The van der Waals surface area contributed by atoms with Gasteiger partial charge in [0, 0.05) is 13.1 Å². The van der Waals surface area contributed by atoms with Crippen LogP contribution in [0, 0.1) is 0 Å². The number of aromatic nitrogens is 4. The van der Waals surface area contributed by atoms with Crippen molar-refractivity contribution in [3.8, 4) is 23.2 Å². The third-order valence-corrected chi connectivity index (χ3v) is 3.57. The molecular weight excluding hydrogens is 366 g/mol. The van der Waals surface area contributed by atoms with Crippen LogP contribution in [0.15, 0.2) is 61.2 Å². The van der Waals surface area contributed by atoms with Crippen molar-refractivity contribution in [2.75, 3.05) is 13.2 Å². The van der Waals surface area contributed by atoms with Gasteiger partial charge in [0.05, 0.1) is 12.3 Å². The van der Waals surface area contributed by atoms with E-state index < -0.39 is 0 Å². The van der Waals surface area contributed by atoms with Crippen LogP contribution in [0.2, 0.25) is 0 Å². The molecule has 0 saturated carbocycles. The number of para-hydroxylation sites is 1. The molecule has 1 N–H and O–H groups in total. The zero-order valence-electron chi connectivity index (χ0n) is 15.0. The van der Waals surface area contributed by atoms with Crippen molar-refractivity contribution in [1.29, 1.82) is 0 Å². The Balaban J connectivity index is 0.00000261. The van der Waals surface area contributed by atoms with Crippen molar-refractivity contribution < 1.29 is 21.9 Å². The number of benzene rings is 2. The molecule has 27 heavy (non-hydrogen) atoms. The fraction of sp³-hybridized carbons (Fsp3) is 0.211. The van der Waals surface area contributed by atoms with E-state index in [4.69, 9.17) is 9.47 Å². The molecule has 8 heteroatoms. The van der Waals surface area contributed by atoms with E-state index in [0.717, 1.165) is 17.8 Å². The summed E-state index contributed by atoms with van der Waals surface area (Å²) >= 11 is 0. The first-order chi connectivity index (χ1) is 12.8. The van der Waals surface area contributed by atoms with E-state index in [1.807, 2.05) is 61.5 Å². The number of nitrogens with zero attached hydrogens (tertiary/aromatic N) is 4. The first kappa shape index (κ1) is 20.4. The predicted octanol–water partition coefficient (Wildman–Crippen LogP) is 0.133. The molecule has 0 aliphatic rings. The van der Waals surface area contributed by atoms with Crippen molar-refractivity contribution in [2.24, 2.45) is 0 Å². The molecule has 0 fully saturated rings. The molecule has 0 radical (unpaired) electrons. The van der Waals surface area contributed by atoms with Gasteiger partial charge in [0.1, 0.15) is 0 Å². The Kier molecular flexibility index (Phi) is 7.79. The summed E-state index contributed by atoms with van der Waals surface area (Å²) in [5, 5.41) is 14.9. The van der Waals surface area contributed by atoms with Gasteiger partial charge >= 0.3 is 6.01 Å². The molecule has 0 spiro atoms. The Morgan fingerprint density at radius 1 is 1.15 bits per heavy atom. The van der Waals surface area contributed by atoms with E-state index in [9.17, 15) is 0 Å². The normalized spacial score (nSPS) is 10.1. The summed E-state index contributed by atoms with van der Waals surface area (Å²) in [6.45, 7) is 7.62. The number of tetrazole rings is 1. The molecule has 1 aromatic heterocycles. The first-order valence-electron chi connectivity index (χ1n) is 8.40. The summed E-state index contributed by atoms with van der Waals surface area (Å²) < 4.78 is 13.2. The van der Waals surface area contributed by atoms with Crippen LogP contribution < -0.4 is 27.2 Å². The SMILES string of the molecule is C=CCNCc1ccc(Oc2nnnn2-c2ccccc2)c(OCC)c1.[Cl-]. The molecule has 0 aliphatic heterocycles. The van der Waals surface area contributed by atoms with Crippen LogP contribution in [0.3, 0.4) is 0 Å². The Morgan fingerprint density at radius 2 is 1.96 bits per heavy atom. The molecular formula is C19H21ClN5O2-. The minimum atomic E-state index is 0. The van der Waals surface area contributed by atoms with Gasteiger partial charge in [-0.05, 0) is 47.2 Å². The van der Waals surface area contributed by atoms with Gasteiger partial charge in [-0.1, -0.05) is 35.4 Å². The highest BCUT2D eigenvalue weighted by atomic mass is 35.5. The molecule has 0 saturated heterocycles. The fourth-order valence-corrected chi connectivity index (χ4v) is 2.41. The molecule has 7 nitrogen and oxygen atoms in total. The zero-order valence-corrected chi connectivity index (χ0v) is 15.8. The molecule has 0 bridgehead atoms. The van der Waals surface area contributed by atoms with Gasteiger partial charge in [-0.3, -0.25) is 0 Å². The van der Waals surface area contributed by atoms with E-state index in [2.05, 4.69) is 27.4 Å². The van der Waals surface area contributed by atoms with Crippen LogP contribution in [-0.4, -0.2) is 33.4 Å². The lowest BCUT2D eigenvalue weighted by Gasteiger charge is -2.13. The lowest BCUT2D eigenvalue weighted by atomic mass is 10.2. The summed E-state index contributed by atoms with van der Waals surface area (Å²) in [5.74, 6) is 1.21. The average Bonchev–Trinajstić information content (AvgIpc) is 3.13. The summed E-state index contributed by atoms with van der Waals surface area (Å²) in [6.07, 6.45) is 1.82. The summed E-state index contributed by atoms with van der Waals surface area (Å²) in [5.41, 5.74) is 1.90. The van der Waals surface area contributed by atoms with Gasteiger partial charge in [-0.25, -0.2) is 0 Å². The molecule has 0 amide bonds. The monoisotopic (exact) mass is 386 g/mol. The summed E-state index contributed by atoms with van der Waals surface area (Å²) in [6, 6.07) is 15.6. The lowest BCUT2D eigenvalue weighted by molar-refractivity contribution is -0.00000647. The van der Waals surface area contributed by atoms with Crippen LogP contribution in [0.25, 0.3) is 5.69 Å². The molecule has 3 rings (SSSR count). The van der Waals surface area contributed by atoms with Crippen molar-refractivity contribution in [3.05, 3.63) is 66.7 Å². The van der Waals surface area contributed by atoms with Crippen molar-refractivity contribution in [3.63, 3.8) is 0 Å². The van der Waals surface area contributed by atoms with Crippen LogP contribution >= 0.6 is 0 Å². The Bertz CT molecular complexity index is 854. The Labute approximate surface area is 164 Å². The van der Waals surface area contributed by atoms with Gasteiger partial charge in [0.25, 0.3) is 0 Å². The van der Waals surface area contributed by atoms with E-state index in [0.29, 0.717) is 24.7 Å². The lowest BCUT2D eigenvalue weighted by Crippen LogP contribution is -3.00. The van der Waals surface area contributed by atoms with Crippen molar-refractivity contribution in [1.82, 2.24) is 25.5 Å². The quantitative estimate of drug-likeness (QED) is 0.416. The maximum Gasteiger partial charge on any atom is 0.346 e. The van der Waals surface area contributed by atoms with Crippen LogP contribution in [0.1, 0.15) is 12.5 Å². The summed E-state index contributed by atoms with van der Waals surface area (Å²) in [4.78, 5) is 0. The van der Waals surface area contributed by atoms with E-state index >= 15 is 0 Å². The smallest absolute Gasteiger partial charge is 0.346 e. The van der Waals surface area contributed by atoms with Gasteiger partial charge < -0.3 is 27.2 Å². The first-order valence-corrected chi connectivity index (χ1v) is 8.40. The van der Waals surface area contributed by atoms with E-state index in [1.54, 1.807) is 0 Å². The topological polar surface area (TPSA) is 74.1 Å². The van der Waals surface area contributed by atoms with Gasteiger partial charge in [-0.2, -0.15) is 4.68 Å². The molecule has 0 aliphatic carbocycles. The Morgan fingerprint density at radius 3 is 2.70 bits per heavy atom. The number of rotatable bonds is 9. The highest BCUT2D eigenvalue weighted by molar-refractivity contribution is 5.44. The Hall–Kier alpha value is -2.90. The number of ether oxygens (including phenoxy) is 2. The second-order valence-corrected chi connectivity index (χ2v) is 5.44. The summed E-state index contributed by atoms with van der Waals surface area (Å²) in [7, 11) is 0. The third kappa shape index (κ3) is 5.29. The minimum Gasteiger partial charge on any atom is -1.00 e.